The van der Waals surface area contributed by atoms with Gasteiger partial charge in [-0.3, -0.25) is 14.7 Å². The van der Waals surface area contributed by atoms with Crippen LogP contribution >= 0.6 is 0 Å². The van der Waals surface area contributed by atoms with Gasteiger partial charge >= 0.3 is 0 Å². The number of hydrogen-bond acceptors (Lipinski definition) is 5. The second-order valence-corrected chi connectivity index (χ2v) is 7.80. The minimum atomic E-state index is -0.112. The van der Waals surface area contributed by atoms with Gasteiger partial charge in [-0.05, 0) is 62.3 Å². The monoisotopic (exact) mass is 412 g/mol. The Labute approximate surface area is 180 Å². The van der Waals surface area contributed by atoms with Gasteiger partial charge in [0.2, 0.25) is 0 Å². The quantitative estimate of drug-likeness (QED) is 0.506. The molecule has 1 aromatic carbocycles. The van der Waals surface area contributed by atoms with E-state index in [0.29, 0.717) is 12.1 Å². The van der Waals surface area contributed by atoms with Crippen LogP contribution in [-0.2, 0) is 0 Å². The second kappa shape index (κ2) is 8.70. The van der Waals surface area contributed by atoms with E-state index in [1.54, 1.807) is 18.7 Å². The zero-order valence-corrected chi connectivity index (χ0v) is 17.2. The molecule has 5 rings (SSSR count). The van der Waals surface area contributed by atoms with Crippen LogP contribution < -0.4 is 5.32 Å². The summed E-state index contributed by atoms with van der Waals surface area (Å²) in [4.78, 5) is 24.6. The number of hydrogen-bond donors (Lipinski definition) is 1. The van der Waals surface area contributed by atoms with Crippen LogP contribution in [0.1, 0.15) is 35.0 Å². The van der Waals surface area contributed by atoms with Gasteiger partial charge in [0, 0.05) is 29.9 Å². The highest BCUT2D eigenvalue weighted by Crippen LogP contribution is 2.27. The smallest absolute Gasteiger partial charge is 0.252 e. The first-order valence-corrected chi connectivity index (χ1v) is 10.7. The third-order valence-corrected chi connectivity index (χ3v) is 5.83. The largest absolute Gasteiger partial charge is 0.468 e. The molecule has 0 aliphatic carbocycles. The summed E-state index contributed by atoms with van der Waals surface area (Å²) in [5, 5.41) is 3.99. The molecule has 1 aliphatic rings. The Morgan fingerprint density at radius 2 is 1.97 bits per heavy atom. The minimum absolute atomic E-state index is 0.0346. The topological polar surface area (TPSA) is 71.3 Å². The summed E-state index contributed by atoms with van der Waals surface area (Å²) in [7, 11) is 0. The van der Waals surface area contributed by atoms with Crippen LogP contribution in [0.3, 0.4) is 0 Å². The lowest BCUT2D eigenvalue weighted by Gasteiger charge is -2.26. The summed E-state index contributed by atoms with van der Waals surface area (Å²) in [5.74, 6) is 0.775. The minimum Gasteiger partial charge on any atom is -0.468 e. The number of para-hydroxylation sites is 1. The first kappa shape index (κ1) is 19.5. The maximum absolute atomic E-state index is 13.3. The number of amides is 1. The van der Waals surface area contributed by atoms with Gasteiger partial charge in [-0.15, -0.1) is 0 Å². The van der Waals surface area contributed by atoms with Crippen LogP contribution in [0, 0.1) is 0 Å². The van der Waals surface area contributed by atoms with E-state index in [-0.39, 0.29) is 11.9 Å². The molecule has 1 saturated heterocycles. The predicted molar refractivity (Wildman–Crippen MR) is 120 cm³/mol. The molecule has 156 valence electrons. The Bertz CT molecular complexity index is 1170. The number of aromatic nitrogens is 2. The maximum atomic E-state index is 13.3. The van der Waals surface area contributed by atoms with E-state index in [0.717, 1.165) is 41.0 Å². The van der Waals surface area contributed by atoms with Crippen LogP contribution in [0.5, 0.6) is 0 Å². The number of fused-ring (bicyclic) bond motifs is 1. The Kier molecular flexibility index (Phi) is 5.46. The summed E-state index contributed by atoms with van der Waals surface area (Å²) in [6.07, 6.45) is 7.53. The van der Waals surface area contributed by atoms with E-state index in [1.165, 1.54) is 12.8 Å². The Morgan fingerprint density at radius 1 is 1.10 bits per heavy atom. The number of furan rings is 1. The van der Waals surface area contributed by atoms with E-state index in [4.69, 9.17) is 9.40 Å². The number of carbonyl (C=O) groups excluding carboxylic acids is 1. The average molecular weight is 412 g/mol. The lowest BCUT2D eigenvalue weighted by atomic mass is 10.0. The third-order valence-electron chi connectivity index (χ3n) is 5.83. The molecule has 0 saturated carbocycles. The van der Waals surface area contributed by atoms with Crippen LogP contribution in [0.25, 0.3) is 22.2 Å². The summed E-state index contributed by atoms with van der Waals surface area (Å²) >= 11 is 0. The van der Waals surface area contributed by atoms with Gasteiger partial charge in [-0.2, -0.15) is 0 Å². The molecule has 0 radical (unpaired) electrons. The van der Waals surface area contributed by atoms with Crippen molar-refractivity contribution in [3.05, 3.63) is 84.6 Å². The number of pyridine rings is 2. The first-order chi connectivity index (χ1) is 15.3. The number of nitrogens with zero attached hydrogens (tertiary/aromatic N) is 3. The number of likely N-dealkylation sites (tertiary alicyclic amines) is 1. The third kappa shape index (κ3) is 4.07. The van der Waals surface area contributed by atoms with E-state index >= 15 is 0 Å². The predicted octanol–water partition coefficient (Wildman–Crippen LogP) is 4.46. The van der Waals surface area contributed by atoms with Crippen LogP contribution in [0.4, 0.5) is 0 Å². The number of rotatable bonds is 6. The van der Waals surface area contributed by atoms with E-state index in [9.17, 15) is 4.79 Å². The molecule has 0 spiro atoms. The highest BCUT2D eigenvalue weighted by atomic mass is 16.3. The highest BCUT2D eigenvalue weighted by Gasteiger charge is 2.26. The van der Waals surface area contributed by atoms with Crippen LogP contribution in [0.2, 0.25) is 0 Å². The first-order valence-electron chi connectivity index (χ1n) is 10.7. The lowest BCUT2D eigenvalue weighted by molar-refractivity contribution is 0.0935. The van der Waals surface area contributed by atoms with Crippen molar-refractivity contribution in [3.8, 4) is 11.3 Å². The van der Waals surface area contributed by atoms with E-state index in [2.05, 4.69) is 15.2 Å². The van der Waals surface area contributed by atoms with E-state index in [1.807, 2.05) is 54.6 Å². The molecular weight excluding hydrogens is 388 g/mol. The van der Waals surface area contributed by atoms with Crippen LogP contribution in [-0.4, -0.2) is 40.4 Å². The van der Waals surface area contributed by atoms with Crippen molar-refractivity contribution in [1.82, 2.24) is 20.2 Å². The normalized spacial score (nSPS) is 15.2. The molecule has 31 heavy (non-hydrogen) atoms. The van der Waals surface area contributed by atoms with Crippen molar-refractivity contribution in [3.63, 3.8) is 0 Å². The van der Waals surface area contributed by atoms with Crippen molar-refractivity contribution in [2.75, 3.05) is 19.6 Å². The zero-order valence-electron chi connectivity index (χ0n) is 17.2. The lowest BCUT2D eigenvalue weighted by Crippen LogP contribution is -2.36. The van der Waals surface area contributed by atoms with Crippen LogP contribution in [0.15, 0.2) is 77.7 Å². The van der Waals surface area contributed by atoms with E-state index < -0.39 is 0 Å². The van der Waals surface area contributed by atoms with Crippen molar-refractivity contribution in [2.45, 2.75) is 18.9 Å². The molecule has 1 amide bonds. The molecule has 4 aromatic rings. The summed E-state index contributed by atoms with van der Waals surface area (Å²) in [6.45, 7) is 2.53. The van der Waals surface area contributed by atoms with Gasteiger partial charge in [-0.25, -0.2) is 4.98 Å². The molecule has 1 N–H and O–H groups in total. The fourth-order valence-electron chi connectivity index (χ4n) is 4.25. The second-order valence-electron chi connectivity index (χ2n) is 7.80. The van der Waals surface area contributed by atoms with Gasteiger partial charge in [0.15, 0.2) is 0 Å². The average Bonchev–Trinajstić information content (AvgIpc) is 3.54. The van der Waals surface area contributed by atoms with Crippen molar-refractivity contribution < 1.29 is 9.21 Å². The fraction of sp³-hybridized carbons (Fsp3) is 0.240. The standard InChI is InChI=1S/C25H24N4O2/c30-25(27-17-23(24-10-6-14-31-24)29-12-3-4-13-29)20-15-22(18-7-5-11-26-16-18)28-21-9-2-1-8-19(20)21/h1-2,5-11,14-16,23H,3-4,12-13,17H2,(H,27,30)/t23-/m0/s1. The molecule has 3 aromatic heterocycles. The summed E-state index contributed by atoms with van der Waals surface area (Å²) < 4.78 is 5.68. The Morgan fingerprint density at radius 3 is 2.74 bits per heavy atom. The molecule has 1 fully saturated rings. The summed E-state index contributed by atoms with van der Waals surface area (Å²) in [6, 6.07) is 17.3. The number of carbonyl (C=O) groups is 1. The molecule has 6 nitrogen and oxygen atoms in total. The van der Waals surface area contributed by atoms with Gasteiger partial charge in [0.05, 0.1) is 29.1 Å². The van der Waals surface area contributed by atoms with Crippen molar-refractivity contribution in [2.24, 2.45) is 0 Å². The molecule has 0 bridgehead atoms. The maximum Gasteiger partial charge on any atom is 0.252 e. The van der Waals surface area contributed by atoms with Gasteiger partial charge < -0.3 is 9.73 Å². The molecule has 1 aliphatic heterocycles. The molecule has 6 heteroatoms. The van der Waals surface area contributed by atoms with Crippen molar-refractivity contribution >= 4 is 16.8 Å². The molecule has 1 atom stereocenters. The molecular formula is C25H24N4O2. The Hall–Kier alpha value is -3.51. The number of nitrogens with one attached hydrogen (secondary N) is 1. The van der Waals surface area contributed by atoms with Gasteiger partial charge in [0.1, 0.15) is 5.76 Å². The molecule has 4 heterocycles. The zero-order chi connectivity index (χ0) is 21.0. The fourth-order valence-corrected chi connectivity index (χ4v) is 4.25. The molecule has 0 unspecified atom stereocenters. The number of benzene rings is 1. The van der Waals surface area contributed by atoms with Crippen molar-refractivity contribution in [1.29, 1.82) is 0 Å². The SMILES string of the molecule is O=C(NC[C@@H](c1ccco1)N1CCCC1)c1cc(-c2cccnc2)nc2ccccc12. The van der Waals surface area contributed by atoms with Gasteiger partial charge in [-0.1, -0.05) is 18.2 Å². The highest BCUT2D eigenvalue weighted by molar-refractivity contribution is 6.07. The van der Waals surface area contributed by atoms with Gasteiger partial charge in [0.25, 0.3) is 5.91 Å². The summed E-state index contributed by atoms with van der Waals surface area (Å²) in [5.41, 5.74) is 3.02. The Balaban J connectivity index is 1.45.